The zero-order valence-electron chi connectivity index (χ0n) is 20.6. The van der Waals surface area contributed by atoms with Gasteiger partial charge in [-0.05, 0) is 52.7 Å². The first-order valence-electron chi connectivity index (χ1n) is 11.5. The lowest BCUT2D eigenvalue weighted by Gasteiger charge is -2.29. The fourth-order valence-electron chi connectivity index (χ4n) is 3.30. The Kier molecular flexibility index (Phi) is 9.78. The molecule has 1 aromatic rings. The van der Waals surface area contributed by atoms with Crippen molar-refractivity contribution in [2.24, 2.45) is 4.99 Å². The van der Waals surface area contributed by atoms with Crippen LogP contribution in [0, 0.1) is 0 Å². The Morgan fingerprint density at radius 2 is 1.75 bits per heavy atom. The molecule has 0 atom stereocenters. The van der Waals surface area contributed by atoms with E-state index in [0.29, 0.717) is 19.0 Å². The van der Waals surface area contributed by atoms with Crippen LogP contribution in [-0.4, -0.2) is 67.5 Å². The van der Waals surface area contributed by atoms with Gasteiger partial charge in [0.2, 0.25) is 0 Å². The van der Waals surface area contributed by atoms with Crippen LogP contribution in [0.2, 0.25) is 0 Å². The molecule has 0 radical (unpaired) electrons. The highest BCUT2D eigenvalue weighted by Gasteiger charge is 2.24. The van der Waals surface area contributed by atoms with Crippen molar-refractivity contribution in [3.05, 3.63) is 35.4 Å². The number of nitrogens with one attached hydrogen (secondary N) is 3. The number of hydrogen-bond donors (Lipinski definition) is 3. The van der Waals surface area contributed by atoms with E-state index in [4.69, 9.17) is 14.5 Å². The molecule has 3 N–H and O–H groups in total. The van der Waals surface area contributed by atoms with E-state index in [1.165, 1.54) is 11.1 Å². The number of benzene rings is 1. The summed E-state index contributed by atoms with van der Waals surface area (Å²) in [6, 6.07) is 8.45. The number of amides is 1. The summed E-state index contributed by atoms with van der Waals surface area (Å²) < 4.78 is 10.8. The standard InChI is InChI=1S/C24H41N5O3/c1-7-25-21(27-18-24(5,6)28-22(30)32-23(2,3)4)26-16-19-10-8-9-11-20(19)17-29-12-14-31-15-13-29/h8-11H,7,12-18H2,1-6H3,(H,28,30)(H2,25,26,27). The molecule has 1 fully saturated rings. The van der Waals surface area contributed by atoms with Crippen LogP contribution < -0.4 is 16.0 Å². The number of hydrogen-bond acceptors (Lipinski definition) is 5. The molecule has 0 aliphatic carbocycles. The number of guanidine groups is 1. The SMILES string of the molecule is CCNC(=NCc1ccccc1CN1CCOCC1)NCC(C)(C)NC(=O)OC(C)(C)C. The van der Waals surface area contributed by atoms with Gasteiger partial charge < -0.3 is 25.4 Å². The second kappa shape index (κ2) is 12.1. The van der Waals surface area contributed by atoms with Crippen LogP contribution >= 0.6 is 0 Å². The van der Waals surface area contributed by atoms with Crippen LogP contribution in [0.5, 0.6) is 0 Å². The number of carbonyl (C=O) groups excluding carboxylic acids is 1. The quantitative estimate of drug-likeness (QED) is 0.420. The van der Waals surface area contributed by atoms with Crippen LogP contribution in [0.1, 0.15) is 52.7 Å². The maximum atomic E-state index is 12.1. The largest absolute Gasteiger partial charge is 0.444 e. The van der Waals surface area contributed by atoms with E-state index in [1.807, 2.05) is 41.5 Å². The average molecular weight is 448 g/mol. The summed E-state index contributed by atoms with van der Waals surface area (Å²) in [7, 11) is 0. The van der Waals surface area contributed by atoms with Crippen molar-refractivity contribution in [3.8, 4) is 0 Å². The second-order valence-corrected chi connectivity index (χ2v) is 9.72. The van der Waals surface area contributed by atoms with Crippen molar-refractivity contribution in [2.45, 2.75) is 65.8 Å². The molecule has 32 heavy (non-hydrogen) atoms. The number of carbonyl (C=O) groups is 1. The molecular formula is C24H41N5O3. The summed E-state index contributed by atoms with van der Waals surface area (Å²) in [6.45, 7) is 17.7. The van der Waals surface area contributed by atoms with Gasteiger partial charge in [0.15, 0.2) is 5.96 Å². The van der Waals surface area contributed by atoms with Crippen LogP contribution in [0.15, 0.2) is 29.3 Å². The van der Waals surface area contributed by atoms with Gasteiger partial charge in [-0.2, -0.15) is 0 Å². The van der Waals surface area contributed by atoms with E-state index in [9.17, 15) is 4.79 Å². The molecule has 1 aliphatic rings. The molecule has 1 heterocycles. The van der Waals surface area contributed by atoms with Gasteiger partial charge in [0.25, 0.3) is 0 Å². The maximum Gasteiger partial charge on any atom is 0.408 e. The van der Waals surface area contributed by atoms with Crippen molar-refractivity contribution in [2.75, 3.05) is 39.4 Å². The second-order valence-electron chi connectivity index (χ2n) is 9.72. The number of alkyl carbamates (subject to hydrolysis) is 1. The molecule has 8 nitrogen and oxygen atoms in total. The van der Waals surface area contributed by atoms with Crippen molar-refractivity contribution >= 4 is 12.1 Å². The molecule has 0 aromatic heterocycles. The minimum atomic E-state index is -0.529. The van der Waals surface area contributed by atoms with E-state index in [1.54, 1.807) is 0 Å². The molecule has 1 saturated heterocycles. The van der Waals surface area contributed by atoms with E-state index < -0.39 is 17.2 Å². The van der Waals surface area contributed by atoms with E-state index >= 15 is 0 Å². The normalized spacial score (nSPS) is 15.9. The summed E-state index contributed by atoms with van der Waals surface area (Å²) in [5.74, 6) is 0.715. The Hall–Kier alpha value is -2.32. The molecule has 8 heteroatoms. The van der Waals surface area contributed by atoms with Gasteiger partial charge >= 0.3 is 6.09 Å². The van der Waals surface area contributed by atoms with Gasteiger partial charge in [0, 0.05) is 32.7 Å². The minimum absolute atomic E-state index is 0.428. The molecule has 1 amide bonds. The Balaban J connectivity index is 1.97. The van der Waals surface area contributed by atoms with Crippen molar-refractivity contribution in [3.63, 3.8) is 0 Å². The number of morpholine rings is 1. The molecule has 0 spiro atoms. The molecule has 180 valence electrons. The Morgan fingerprint density at radius 3 is 2.38 bits per heavy atom. The monoisotopic (exact) mass is 447 g/mol. The Labute approximate surface area is 193 Å². The van der Waals surface area contributed by atoms with E-state index in [-0.39, 0.29) is 0 Å². The van der Waals surface area contributed by atoms with Gasteiger partial charge in [-0.3, -0.25) is 4.90 Å². The first-order chi connectivity index (χ1) is 15.1. The van der Waals surface area contributed by atoms with Gasteiger partial charge in [-0.15, -0.1) is 0 Å². The maximum absolute atomic E-state index is 12.1. The fourth-order valence-corrected chi connectivity index (χ4v) is 3.30. The topological polar surface area (TPSA) is 87.2 Å². The zero-order valence-corrected chi connectivity index (χ0v) is 20.6. The molecule has 0 saturated carbocycles. The summed E-state index contributed by atoms with van der Waals surface area (Å²) in [5, 5.41) is 9.54. The zero-order chi connectivity index (χ0) is 23.6. The highest BCUT2D eigenvalue weighted by molar-refractivity contribution is 5.80. The van der Waals surface area contributed by atoms with E-state index in [0.717, 1.165) is 39.4 Å². The van der Waals surface area contributed by atoms with Crippen molar-refractivity contribution in [1.29, 1.82) is 0 Å². The van der Waals surface area contributed by atoms with Crippen molar-refractivity contribution < 1.29 is 14.3 Å². The molecule has 1 aliphatic heterocycles. The van der Waals surface area contributed by atoms with Gasteiger partial charge in [-0.25, -0.2) is 9.79 Å². The first kappa shape index (κ1) is 25.9. The molecule has 0 bridgehead atoms. The summed E-state index contributed by atoms with van der Waals surface area (Å²) in [4.78, 5) is 19.3. The van der Waals surface area contributed by atoms with Gasteiger partial charge in [0.1, 0.15) is 5.60 Å². The molecule has 1 aromatic carbocycles. The number of aliphatic imine (C=N–C) groups is 1. The Bertz CT molecular complexity index is 752. The Morgan fingerprint density at radius 1 is 1.09 bits per heavy atom. The summed E-state index contributed by atoms with van der Waals surface area (Å²) >= 11 is 0. The van der Waals surface area contributed by atoms with Crippen LogP contribution in [0.4, 0.5) is 4.79 Å². The average Bonchev–Trinajstić information content (AvgIpc) is 2.70. The van der Waals surface area contributed by atoms with Gasteiger partial charge in [-0.1, -0.05) is 24.3 Å². The fraction of sp³-hybridized carbons (Fsp3) is 0.667. The van der Waals surface area contributed by atoms with Crippen LogP contribution in [-0.2, 0) is 22.6 Å². The lowest BCUT2D eigenvalue weighted by Crippen LogP contribution is -2.54. The predicted molar refractivity (Wildman–Crippen MR) is 129 cm³/mol. The number of rotatable bonds is 8. The minimum Gasteiger partial charge on any atom is -0.444 e. The van der Waals surface area contributed by atoms with Crippen LogP contribution in [0.3, 0.4) is 0 Å². The van der Waals surface area contributed by atoms with E-state index in [2.05, 4.69) is 45.1 Å². The molecule has 0 unspecified atom stereocenters. The summed E-state index contributed by atoms with van der Waals surface area (Å²) in [5.41, 5.74) is 1.47. The highest BCUT2D eigenvalue weighted by atomic mass is 16.6. The third-order valence-electron chi connectivity index (χ3n) is 4.90. The smallest absolute Gasteiger partial charge is 0.408 e. The van der Waals surface area contributed by atoms with Crippen LogP contribution in [0.25, 0.3) is 0 Å². The third kappa shape index (κ3) is 9.87. The highest BCUT2D eigenvalue weighted by Crippen LogP contribution is 2.14. The first-order valence-corrected chi connectivity index (χ1v) is 11.5. The number of nitrogens with zero attached hydrogens (tertiary/aromatic N) is 2. The molecule has 2 rings (SSSR count). The summed E-state index contributed by atoms with van der Waals surface area (Å²) in [6.07, 6.45) is -0.428. The van der Waals surface area contributed by atoms with Crippen molar-refractivity contribution in [1.82, 2.24) is 20.9 Å². The number of ether oxygens (including phenoxy) is 2. The molecular weight excluding hydrogens is 406 g/mol. The predicted octanol–water partition coefficient (Wildman–Crippen LogP) is 2.88. The third-order valence-corrected chi connectivity index (χ3v) is 4.90. The lowest BCUT2D eigenvalue weighted by molar-refractivity contribution is 0.0341. The van der Waals surface area contributed by atoms with Gasteiger partial charge in [0.05, 0.1) is 25.3 Å². The lowest BCUT2D eigenvalue weighted by atomic mass is 10.1.